The minimum atomic E-state index is 0.424. The first-order chi connectivity index (χ1) is 8.93. The van der Waals surface area contributed by atoms with E-state index in [1.807, 2.05) is 0 Å². The molecule has 0 radical (unpaired) electrons. The van der Waals surface area contributed by atoms with Crippen LogP contribution in [0.4, 0.5) is 0 Å². The van der Waals surface area contributed by atoms with Crippen molar-refractivity contribution in [2.24, 2.45) is 0 Å². The number of nitrogens with one attached hydrogen (secondary N) is 2. The van der Waals surface area contributed by atoms with Gasteiger partial charge in [-0.15, -0.1) is 0 Å². The number of hydrogen-bond donors (Lipinski definition) is 2. The molecule has 0 spiro atoms. The third kappa shape index (κ3) is 2.74. The molecule has 18 heavy (non-hydrogen) atoms. The van der Waals surface area contributed by atoms with E-state index >= 15 is 0 Å². The van der Waals surface area contributed by atoms with Crippen LogP contribution >= 0.6 is 0 Å². The van der Waals surface area contributed by atoms with Gasteiger partial charge in [0.15, 0.2) is 0 Å². The molecule has 98 valence electrons. The number of ether oxygens (including phenoxy) is 1. The van der Waals surface area contributed by atoms with Gasteiger partial charge in [0.25, 0.3) is 0 Å². The lowest BCUT2D eigenvalue weighted by Crippen LogP contribution is -2.30. The van der Waals surface area contributed by atoms with Crippen molar-refractivity contribution < 1.29 is 4.74 Å². The third-order valence-corrected chi connectivity index (χ3v) is 3.97. The van der Waals surface area contributed by atoms with E-state index in [1.165, 1.54) is 24.0 Å². The molecule has 3 rings (SSSR count). The molecular weight excluding hydrogens is 224 g/mol. The fourth-order valence-corrected chi connectivity index (χ4v) is 2.95. The molecular formula is C15H22N2O. The topological polar surface area (TPSA) is 33.3 Å². The summed E-state index contributed by atoms with van der Waals surface area (Å²) in [5.41, 5.74) is 2.89. The highest BCUT2D eigenvalue weighted by molar-refractivity contribution is 5.31. The van der Waals surface area contributed by atoms with Gasteiger partial charge < -0.3 is 15.4 Å². The summed E-state index contributed by atoms with van der Waals surface area (Å²) in [6.07, 6.45) is 4.01. The molecule has 1 saturated heterocycles. The summed E-state index contributed by atoms with van der Waals surface area (Å²) >= 11 is 0. The molecule has 2 aliphatic heterocycles. The van der Waals surface area contributed by atoms with Gasteiger partial charge in [0.2, 0.25) is 0 Å². The van der Waals surface area contributed by atoms with E-state index in [1.54, 1.807) is 0 Å². The van der Waals surface area contributed by atoms with Crippen LogP contribution in [-0.2, 0) is 11.3 Å². The SMILES string of the molecule is c1ccc2c(c1)CNCCC2NCC1CCCO1. The van der Waals surface area contributed by atoms with E-state index in [4.69, 9.17) is 4.74 Å². The average molecular weight is 246 g/mol. The highest BCUT2D eigenvalue weighted by atomic mass is 16.5. The summed E-state index contributed by atoms with van der Waals surface area (Å²) in [5.74, 6) is 0. The highest BCUT2D eigenvalue weighted by Gasteiger charge is 2.20. The fraction of sp³-hybridized carbons (Fsp3) is 0.600. The van der Waals surface area contributed by atoms with Crippen LogP contribution in [0.2, 0.25) is 0 Å². The molecule has 2 N–H and O–H groups in total. The molecule has 0 bridgehead atoms. The Morgan fingerprint density at radius 3 is 3.11 bits per heavy atom. The largest absolute Gasteiger partial charge is 0.377 e. The molecule has 1 fully saturated rings. The van der Waals surface area contributed by atoms with E-state index in [0.717, 1.165) is 32.7 Å². The Hall–Kier alpha value is -0.900. The lowest BCUT2D eigenvalue weighted by atomic mass is 9.99. The van der Waals surface area contributed by atoms with Gasteiger partial charge in [0.1, 0.15) is 0 Å². The summed E-state index contributed by atoms with van der Waals surface area (Å²) in [5, 5.41) is 7.18. The van der Waals surface area contributed by atoms with Crippen LogP contribution in [0.25, 0.3) is 0 Å². The molecule has 0 saturated carbocycles. The van der Waals surface area contributed by atoms with Crippen LogP contribution in [-0.4, -0.2) is 25.8 Å². The second-order valence-corrected chi connectivity index (χ2v) is 5.26. The van der Waals surface area contributed by atoms with Crippen molar-refractivity contribution >= 4 is 0 Å². The molecule has 2 heterocycles. The van der Waals surface area contributed by atoms with E-state index < -0.39 is 0 Å². The third-order valence-electron chi connectivity index (χ3n) is 3.97. The van der Waals surface area contributed by atoms with E-state index in [2.05, 4.69) is 34.9 Å². The van der Waals surface area contributed by atoms with Gasteiger partial charge in [-0.05, 0) is 36.9 Å². The number of fused-ring (bicyclic) bond motifs is 1. The maximum atomic E-state index is 5.69. The predicted octanol–water partition coefficient (Wildman–Crippen LogP) is 1.99. The van der Waals surface area contributed by atoms with Gasteiger partial charge in [0, 0.05) is 25.7 Å². The Morgan fingerprint density at radius 1 is 1.28 bits per heavy atom. The van der Waals surface area contributed by atoms with Crippen molar-refractivity contribution in [3.63, 3.8) is 0 Å². The van der Waals surface area contributed by atoms with E-state index in [-0.39, 0.29) is 0 Å². The van der Waals surface area contributed by atoms with Gasteiger partial charge in [-0.1, -0.05) is 24.3 Å². The zero-order valence-corrected chi connectivity index (χ0v) is 10.8. The second kappa shape index (κ2) is 5.83. The molecule has 0 aliphatic carbocycles. The molecule has 2 aliphatic rings. The monoisotopic (exact) mass is 246 g/mol. The van der Waals surface area contributed by atoms with Crippen LogP contribution in [0.1, 0.15) is 36.4 Å². The Kier molecular flexibility index (Phi) is 3.93. The molecule has 1 aromatic carbocycles. The van der Waals surface area contributed by atoms with E-state index in [9.17, 15) is 0 Å². The first-order valence-electron chi connectivity index (χ1n) is 7.07. The lowest BCUT2D eigenvalue weighted by molar-refractivity contribution is 0.107. The standard InChI is InChI=1S/C15H22N2O/c1-2-6-14-12(4-1)10-16-8-7-15(14)17-11-13-5-3-9-18-13/h1-2,4,6,13,15-17H,3,5,7-11H2. The van der Waals surface area contributed by atoms with Crippen molar-refractivity contribution in [2.75, 3.05) is 19.7 Å². The van der Waals surface area contributed by atoms with Crippen molar-refractivity contribution in [2.45, 2.75) is 38.0 Å². The average Bonchev–Trinajstić information content (AvgIpc) is 2.84. The highest BCUT2D eigenvalue weighted by Crippen LogP contribution is 2.24. The number of benzene rings is 1. The summed E-state index contributed by atoms with van der Waals surface area (Å²) < 4.78 is 5.69. The Morgan fingerprint density at radius 2 is 2.22 bits per heavy atom. The van der Waals surface area contributed by atoms with Crippen molar-refractivity contribution in [3.8, 4) is 0 Å². The molecule has 1 aromatic rings. The van der Waals surface area contributed by atoms with Gasteiger partial charge in [-0.3, -0.25) is 0 Å². The zero-order chi connectivity index (χ0) is 12.2. The zero-order valence-electron chi connectivity index (χ0n) is 10.8. The van der Waals surface area contributed by atoms with Crippen molar-refractivity contribution in [1.82, 2.24) is 10.6 Å². The Bertz CT molecular complexity index is 388. The van der Waals surface area contributed by atoms with Crippen LogP contribution in [0, 0.1) is 0 Å². The van der Waals surface area contributed by atoms with Gasteiger partial charge in [0.05, 0.1) is 6.10 Å². The lowest BCUT2D eigenvalue weighted by Gasteiger charge is -2.21. The van der Waals surface area contributed by atoms with Crippen LogP contribution in [0.5, 0.6) is 0 Å². The molecule has 0 aromatic heterocycles. The maximum absolute atomic E-state index is 5.69. The van der Waals surface area contributed by atoms with Gasteiger partial charge in [-0.25, -0.2) is 0 Å². The molecule has 0 amide bonds. The Labute approximate surface area is 109 Å². The maximum Gasteiger partial charge on any atom is 0.0700 e. The normalized spacial score (nSPS) is 27.8. The molecule has 2 unspecified atom stereocenters. The first-order valence-corrected chi connectivity index (χ1v) is 7.07. The van der Waals surface area contributed by atoms with Gasteiger partial charge >= 0.3 is 0 Å². The fourth-order valence-electron chi connectivity index (χ4n) is 2.95. The summed E-state index contributed by atoms with van der Waals surface area (Å²) in [6, 6.07) is 9.23. The van der Waals surface area contributed by atoms with Crippen LogP contribution in [0.3, 0.4) is 0 Å². The minimum absolute atomic E-state index is 0.424. The first kappa shape index (κ1) is 12.2. The number of hydrogen-bond acceptors (Lipinski definition) is 3. The molecule has 3 nitrogen and oxygen atoms in total. The number of rotatable bonds is 3. The van der Waals surface area contributed by atoms with Crippen molar-refractivity contribution in [1.29, 1.82) is 0 Å². The smallest absolute Gasteiger partial charge is 0.0700 e. The predicted molar refractivity (Wildman–Crippen MR) is 72.5 cm³/mol. The molecule has 2 atom stereocenters. The second-order valence-electron chi connectivity index (χ2n) is 5.26. The summed E-state index contributed by atoms with van der Waals surface area (Å²) in [6.45, 7) is 4.00. The quantitative estimate of drug-likeness (QED) is 0.855. The van der Waals surface area contributed by atoms with E-state index in [0.29, 0.717) is 12.1 Å². The Balaban J connectivity index is 1.67. The molecule has 3 heteroatoms. The van der Waals surface area contributed by atoms with Crippen LogP contribution < -0.4 is 10.6 Å². The van der Waals surface area contributed by atoms with Gasteiger partial charge in [-0.2, -0.15) is 0 Å². The van der Waals surface area contributed by atoms with Crippen molar-refractivity contribution in [3.05, 3.63) is 35.4 Å². The summed E-state index contributed by atoms with van der Waals surface area (Å²) in [4.78, 5) is 0. The summed E-state index contributed by atoms with van der Waals surface area (Å²) in [7, 11) is 0. The van der Waals surface area contributed by atoms with Crippen LogP contribution in [0.15, 0.2) is 24.3 Å². The minimum Gasteiger partial charge on any atom is -0.377 e.